The lowest BCUT2D eigenvalue weighted by atomic mass is 10.1. The monoisotopic (exact) mass is 422 g/mol. The van der Waals surface area contributed by atoms with Crippen molar-refractivity contribution in [3.05, 3.63) is 78.0 Å². The summed E-state index contributed by atoms with van der Waals surface area (Å²) in [7, 11) is -3.49. The number of aromatic nitrogens is 1. The van der Waals surface area contributed by atoms with E-state index in [0.29, 0.717) is 16.9 Å². The van der Waals surface area contributed by atoms with Crippen molar-refractivity contribution in [3.63, 3.8) is 0 Å². The van der Waals surface area contributed by atoms with Gasteiger partial charge in [0.25, 0.3) is 5.91 Å². The SMILES string of the molecule is Cc1nc(-c2ccccc2)ccc1C(=O)NNc1ccc(S(=O)(=O)NC2CC2)cc1. The average molecular weight is 423 g/mol. The van der Waals surface area contributed by atoms with Crippen LogP contribution in [0, 0.1) is 6.92 Å². The van der Waals surface area contributed by atoms with Gasteiger partial charge in [-0.2, -0.15) is 0 Å². The third-order valence-electron chi connectivity index (χ3n) is 4.78. The Morgan fingerprint density at radius 3 is 2.30 bits per heavy atom. The number of carbonyl (C=O) groups excluding carboxylic acids is 1. The van der Waals surface area contributed by atoms with E-state index in [1.807, 2.05) is 36.4 Å². The number of aryl methyl sites for hydroxylation is 1. The molecule has 1 saturated carbocycles. The Kier molecular flexibility index (Phi) is 5.52. The third kappa shape index (κ3) is 4.67. The van der Waals surface area contributed by atoms with E-state index >= 15 is 0 Å². The van der Waals surface area contributed by atoms with Crippen LogP contribution in [0.2, 0.25) is 0 Å². The largest absolute Gasteiger partial charge is 0.298 e. The van der Waals surface area contributed by atoms with Gasteiger partial charge in [-0.25, -0.2) is 13.1 Å². The molecule has 0 spiro atoms. The van der Waals surface area contributed by atoms with E-state index in [4.69, 9.17) is 0 Å². The summed E-state index contributed by atoms with van der Waals surface area (Å²) >= 11 is 0. The summed E-state index contributed by atoms with van der Waals surface area (Å²) in [5.74, 6) is -0.327. The molecule has 1 aliphatic carbocycles. The van der Waals surface area contributed by atoms with Crippen LogP contribution >= 0.6 is 0 Å². The van der Waals surface area contributed by atoms with E-state index < -0.39 is 10.0 Å². The molecule has 0 radical (unpaired) electrons. The van der Waals surface area contributed by atoms with Crippen LogP contribution in [-0.4, -0.2) is 25.4 Å². The van der Waals surface area contributed by atoms with Crippen molar-refractivity contribution in [1.82, 2.24) is 15.1 Å². The number of carbonyl (C=O) groups is 1. The first-order valence-corrected chi connectivity index (χ1v) is 11.1. The number of hydrogen-bond acceptors (Lipinski definition) is 5. The zero-order valence-electron chi connectivity index (χ0n) is 16.4. The second kappa shape index (κ2) is 8.25. The number of amides is 1. The van der Waals surface area contributed by atoms with Crippen LogP contribution in [0.15, 0.2) is 71.6 Å². The summed E-state index contributed by atoms with van der Waals surface area (Å²) in [5.41, 5.74) is 8.85. The number of hydrazine groups is 1. The number of nitrogens with zero attached hydrogens (tertiary/aromatic N) is 1. The zero-order valence-corrected chi connectivity index (χ0v) is 17.2. The normalized spacial score (nSPS) is 13.6. The van der Waals surface area contributed by atoms with Gasteiger partial charge in [0.2, 0.25) is 10.0 Å². The maximum atomic E-state index is 12.5. The van der Waals surface area contributed by atoms with Gasteiger partial charge in [-0.05, 0) is 56.2 Å². The minimum absolute atomic E-state index is 0.0530. The van der Waals surface area contributed by atoms with Crippen LogP contribution in [0.4, 0.5) is 5.69 Å². The molecule has 1 amide bonds. The van der Waals surface area contributed by atoms with Crippen LogP contribution in [0.1, 0.15) is 28.9 Å². The molecule has 3 N–H and O–H groups in total. The van der Waals surface area contributed by atoms with E-state index in [0.717, 1.165) is 24.1 Å². The number of hydrogen-bond donors (Lipinski definition) is 3. The molecule has 0 unspecified atom stereocenters. The lowest BCUT2D eigenvalue weighted by Gasteiger charge is -2.12. The predicted molar refractivity (Wildman–Crippen MR) is 115 cm³/mol. The molecule has 4 rings (SSSR count). The van der Waals surface area contributed by atoms with Crippen molar-refractivity contribution >= 4 is 21.6 Å². The Labute approximate surface area is 175 Å². The fourth-order valence-corrected chi connectivity index (χ4v) is 4.28. The molecule has 2 aromatic carbocycles. The first kappa shape index (κ1) is 20.1. The van der Waals surface area contributed by atoms with Gasteiger partial charge >= 0.3 is 0 Å². The van der Waals surface area contributed by atoms with Crippen LogP contribution in [-0.2, 0) is 10.0 Å². The maximum absolute atomic E-state index is 12.5. The third-order valence-corrected chi connectivity index (χ3v) is 6.32. The average Bonchev–Trinajstić information content (AvgIpc) is 3.56. The van der Waals surface area contributed by atoms with Crippen molar-refractivity contribution in [1.29, 1.82) is 0 Å². The second-order valence-corrected chi connectivity index (χ2v) is 8.91. The number of anilines is 1. The molecule has 1 aromatic heterocycles. The summed E-state index contributed by atoms with van der Waals surface area (Å²) in [6, 6.07) is 19.6. The Bertz CT molecular complexity index is 1160. The van der Waals surface area contributed by atoms with Gasteiger partial charge in [-0.15, -0.1) is 0 Å². The Morgan fingerprint density at radius 2 is 1.67 bits per heavy atom. The Hall–Kier alpha value is -3.23. The Balaban J connectivity index is 1.39. The number of sulfonamides is 1. The van der Waals surface area contributed by atoms with Crippen LogP contribution in [0.25, 0.3) is 11.3 Å². The second-order valence-electron chi connectivity index (χ2n) is 7.19. The fraction of sp³-hybridized carbons (Fsp3) is 0.182. The predicted octanol–water partition coefficient (Wildman–Crippen LogP) is 3.25. The number of pyridine rings is 1. The molecule has 0 saturated heterocycles. The molecule has 154 valence electrons. The van der Waals surface area contributed by atoms with Gasteiger partial charge in [-0.3, -0.25) is 20.6 Å². The van der Waals surface area contributed by atoms with Crippen molar-refractivity contribution in [2.24, 2.45) is 0 Å². The first-order valence-electron chi connectivity index (χ1n) is 9.64. The molecule has 0 bridgehead atoms. The van der Waals surface area contributed by atoms with Gasteiger partial charge in [0.15, 0.2) is 0 Å². The van der Waals surface area contributed by atoms with E-state index in [9.17, 15) is 13.2 Å². The highest BCUT2D eigenvalue weighted by molar-refractivity contribution is 7.89. The van der Waals surface area contributed by atoms with Crippen molar-refractivity contribution < 1.29 is 13.2 Å². The van der Waals surface area contributed by atoms with E-state index in [1.165, 1.54) is 12.1 Å². The highest BCUT2D eigenvalue weighted by Crippen LogP contribution is 2.23. The smallest absolute Gasteiger partial charge is 0.271 e. The van der Waals surface area contributed by atoms with Crippen LogP contribution < -0.4 is 15.6 Å². The molecule has 1 heterocycles. The van der Waals surface area contributed by atoms with Crippen LogP contribution in [0.3, 0.4) is 0 Å². The molecular formula is C22H22N4O3S. The van der Waals surface area contributed by atoms with Gasteiger partial charge in [0.05, 0.1) is 27.5 Å². The fourth-order valence-electron chi connectivity index (χ4n) is 2.97. The topological polar surface area (TPSA) is 100 Å². The van der Waals surface area contributed by atoms with Gasteiger partial charge < -0.3 is 0 Å². The van der Waals surface area contributed by atoms with Gasteiger partial charge in [-0.1, -0.05) is 30.3 Å². The van der Waals surface area contributed by atoms with E-state index in [2.05, 4.69) is 20.6 Å². The standard InChI is InChI=1S/C22H22N4O3S/c1-15-20(13-14-21(23-15)16-5-3-2-4-6-16)22(27)25-24-17-9-11-19(12-10-17)30(28,29)26-18-7-8-18/h2-6,9-14,18,24,26H,7-8H2,1H3,(H,25,27). The summed E-state index contributed by atoms with van der Waals surface area (Å²) in [4.78, 5) is 17.2. The molecule has 8 heteroatoms. The molecule has 1 fully saturated rings. The van der Waals surface area contributed by atoms with E-state index in [-0.39, 0.29) is 16.8 Å². The minimum Gasteiger partial charge on any atom is -0.298 e. The highest BCUT2D eigenvalue weighted by Gasteiger charge is 2.27. The van der Waals surface area contributed by atoms with E-state index in [1.54, 1.807) is 25.1 Å². The van der Waals surface area contributed by atoms with Crippen molar-refractivity contribution in [2.75, 3.05) is 5.43 Å². The van der Waals surface area contributed by atoms with Crippen molar-refractivity contribution in [2.45, 2.75) is 30.7 Å². The van der Waals surface area contributed by atoms with Gasteiger partial charge in [0, 0.05) is 11.6 Å². The first-order chi connectivity index (χ1) is 14.4. The number of nitrogens with one attached hydrogen (secondary N) is 3. The summed E-state index contributed by atoms with van der Waals surface area (Å²) < 4.78 is 27.0. The summed E-state index contributed by atoms with van der Waals surface area (Å²) in [5, 5.41) is 0. The molecule has 30 heavy (non-hydrogen) atoms. The van der Waals surface area contributed by atoms with Crippen LogP contribution in [0.5, 0.6) is 0 Å². The summed E-state index contributed by atoms with van der Waals surface area (Å²) in [6.45, 7) is 1.79. The zero-order chi connectivity index (χ0) is 21.1. The van der Waals surface area contributed by atoms with Gasteiger partial charge in [0.1, 0.15) is 0 Å². The molecular weight excluding hydrogens is 400 g/mol. The molecule has 1 aliphatic rings. The molecule has 7 nitrogen and oxygen atoms in total. The Morgan fingerprint density at radius 1 is 0.967 bits per heavy atom. The summed E-state index contributed by atoms with van der Waals surface area (Å²) in [6.07, 6.45) is 1.76. The molecule has 0 aliphatic heterocycles. The number of rotatable bonds is 7. The lowest BCUT2D eigenvalue weighted by Crippen LogP contribution is -2.30. The molecule has 0 atom stereocenters. The lowest BCUT2D eigenvalue weighted by molar-refractivity contribution is 0.0961. The highest BCUT2D eigenvalue weighted by atomic mass is 32.2. The minimum atomic E-state index is -3.49. The maximum Gasteiger partial charge on any atom is 0.271 e. The molecule has 3 aromatic rings. The quantitative estimate of drug-likeness (QED) is 0.508. The van der Waals surface area contributed by atoms with Crippen molar-refractivity contribution in [3.8, 4) is 11.3 Å². The number of benzene rings is 2.